The molecule has 5 nitrogen and oxygen atoms in total. The monoisotopic (exact) mass is 263 g/mol. The first kappa shape index (κ1) is 12.9. The molecular formula is C13H10FNO4. The molecule has 1 aromatic carbocycles. The molecule has 6 heteroatoms. The van der Waals surface area contributed by atoms with Gasteiger partial charge in [0, 0.05) is 24.5 Å². The van der Waals surface area contributed by atoms with E-state index in [9.17, 15) is 18.8 Å². The zero-order valence-electron chi connectivity index (χ0n) is 9.84. The summed E-state index contributed by atoms with van der Waals surface area (Å²) in [6.45, 7) is 0. The van der Waals surface area contributed by atoms with Crippen LogP contribution >= 0.6 is 0 Å². The van der Waals surface area contributed by atoms with Crippen molar-refractivity contribution in [3.05, 3.63) is 41.7 Å². The lowest BCUT2D eigenvalue weighted by molar-refractivity contribution is -0.193. The van der Waals surface area contributed by atoms with Crippen LogP contribution in [-0.2, 0) is 19.2 Å². The van der Waals surface area contributed by atoms with Gasteiger partial charge in [0.1, 0.15) is 5.82 Å². The molecule has 0 saturated carbocycles. The molecule has 0 aliphatic carbocycles. The summed E-state index contributed by atoms with van der Waals surface area (Å²) < 4.78 is 13.2. The van der Waals surface area contributed by atoms with Gasteiger partial charge in [0.2, 0.25) is 0 Å². The highest BCUT2D eigenvalue weighted by molar-refractivity contribution is 6.02. The van der Waals surface area contributed by atoms with Crippen LogP contribution in [0.25, 0.3) is 6.08 Å². The number of amides is 2. The smallest absolute Gasteiger partial charge is 0.326 e. The van der Waals surface area contributed by atoms with Gasteiger partial charge in [-0.05, 0) is 12.1 Å². The minimum Gasteiger partial charge on any atom is -0.326 e. The molecule has 0 radical (unpaired) electrons. The fourth-order valence-corrected chi connectivity index (χ4v) is 1.55. The quantitative estimate of drug-likeness (QED) is 0.611. The number of benzene rings is 1. The molecule has 1 heterocycles. The number of carbonyl (C=O) groups excluding carboxylic acids is 3. The Labute approximate surface area is 108 Å². The lowest BCUT2D eigenvalue weighted by Crippen LogP contribution is -2.31. The molecule has 1 aliphatic heterocycles. The Bertz CT molecular complexity index is 552. The van der Waals surface area contributed by atoms with Gasteiger partial charge in [-0.1, -0.05) is 18.2 Å². The Morgan fingerprint density at radius 1 is 1.21 bits per heavy atom. The maximum Gasteiger partial charge on any atom is 0.356 e. The van der Waals surface area contributed by atoms with E-state index in [0.29, 0.717) is 5.06 Å². The van der Waals surface area contributed by atoms with Gasteiger partial charge in [-0.25, -0.2) is 9.18 Å². The summed E-state index contributed by atoms with van der Waals surface area (Å²) in [4.78, 5) is 38.4. The first-order valence-electron chi connectivity index (χ1n) is 5.58. The van der Waals surface area contributed by atoms with Gasteiger partial charge in [0.25, 0.3) is 11.8 Å². The van der Waals surface area contributed by atoms with E-state index in [0.717, 1.165) is 6.08 Å². The van der Waals surface area contributed by atoms with Crippen molar-refractivity contribution in [3.63, 3.8) is 0 Å². The van der Waals surface area contributed by atoms with Gasteiger partial charge < -0.3 is 4.84 Å². The van der Waals surface area contributed by atoms with E-state index in [4.69, 9.17) is 0 Å². The minimum atomic E-state index is -0.910. The first-order chi connectivity index (χ1) is 9.08. The van der Waals surface area contributed by atoms with Crippen molar-refractivity contribution in [3.8, 4) is 0 Å². The Morgan fingerprint density at radius 3 is 2.47 bits per heavy atom. The number of hydrogen-bond donors (Lipinski definition) is 0. The second-order valence-corrected chi connectivity index (χ2v) is 3.85. The molecule has 0 atom stereocenters. The summed E-state index contributed by atoms with van der Waals surface area (Å²) >= 11 is 0. The van der Waals surface area contributed by atoms with E-state index >= 15 is 0 Å². The Hall–Kier alpha value is -2.50. The summed E-state index contributed by atoms with van der Waals surface area (Å²) in [6.07, 6.45) is 2.23. The molecule has 0 unspecified atom stereocenters. The van der Waals surface area contributed by atoms with E-state index in [2.05, 4.69) is 4.84 Å². The fraction of sp³-hybridized carbons (Fsp3) is 0.154. The predicted molar refractivity (Wildman–Crippen MR) is 62.6 cm³/mol. The topological polar surface area (TPSA) is 63.7 Å². The van der Waals surface area contributed by atoms with Gasteiger partial charge in [-0.2, -0.15) is 0 Å². The van der Waals surface area contributed by atoms with Crippen LogP contribution in [0.4, 0.5) is 4.39 Å². The van der Waals surface area contributed by atoms with Crippen LogP contribution in [0.5, 0.6) is 0 Å². The number of rotatable bonds is 3. The molecule has 0 bridgehead atoms. The number of nitrogens with zero attached hydrogens (tertiary/aromatic N) is 1. The van der Waals surface area contributed by atoms with Crippen LogP contribution in [-0.4, -0.2) is 22.8 Å². The molecule has 98 valence electrons. The van der Waals surface area contributed by atoms with Crippen LogP contribution < -0.4 is 0 Å². The molecule has 1 saturated heterocycles. The number of carbonyl (C=O) groups is 3. The fourth-order valence-electron chi connectivity index (χ4n) is 1.55. The summed E-state index contributed by atoms with van der Waals surface area (Å²) in [5.41, 5.74) is 0.207. The number of hydrogen-bond acceptors (Lipinski definition) is 4. The Kier molecular flexibility index (Phi) is 3.70. The van der Waals surface area contributed by atoms with Crippen molar-refractivity contribution < 1.29 is 23.6 Å². The average Bonchev–Trinajstić information content (AvgIpc) is 2.70. The number of hydroxylamine groups is 2. The van der Waals surface area contributed by atoms with E-state index in [1.807, 2.05) is 0 Å². The molecule has 1 aliphatic rings. The zero-order valence-corrected chi connectivity index (χ0v) is 9.84. The highest BCUT2D eigenvalue weighted by Gasteiger charge is 2.32. The first-order valence-corrected chi connectivity index (χ1v) is 5.58. The van der Waals surface area contributed by atoms with Gasteiger partial charge in [-0.3, -0.25) is 9.59 Å². The third-order valence-electron chi connectivity index (χ3n) is 2.49. The molecule has 0 aromatic heterocycles. The predicted octanol–water partition coefficient (Wildman–Crippen LogP) is 1.45. The molecule has 1 aromatic rings. The van der Waals surface area contributed by atoms with E-state index in [1.54, 1.807) is 6.07 Å². The van der Waals surface area contributed by atoms with Crippen molar-refractivity contribution in [1.82, 2.24) is 5.06 Å². The number of imide groups is 1. The zero-order chi connectivity index (χ0) is 13.8. The van der Waals surface area contributed by atoms with Crippen molar-refractivity contribution in [2.75, 3.05) is 0 Å². The third kappa shape index (κ3) is 3.04. The lowest BCUT2D eigenvalue weighted by Gasteiger charge is -2.10. The van der Waals surface area contributed by atoms with Crippen molar-refractivity contribution in [1.29, 1.82) is 0 Å². The van der Waals surface area contributed by atoms with Gasteiger partial charge in [0.05, 0.1) is 0 Å². The van der Waals surface area contributed by atoms with Crippen LogP contribution in [0.2, 0.25) is 0 Å². The lowest BCUT2D eigenvalue weighted by atomic mass is 10.2. The summed E-state index contributed by atoms with van der Waals surface area (Å²) in [6, 6.07) is 5.86. The molecule has 2 rings (SSSR count). The minimum absolute atomic E-state index is 0.0309. The van der Waals surface area contributed by atoms with Gasteiger partial charge in [-0.15, -0.1) is 5.06 Å². The second kappa shape index (κ2) is 5.43. The Morgan fingerprint density at radius 2 is 1.84 bits per heavy atom. The summed E-state index contributed by atoms with van der Waals surface area (Å²) in [7, 11) is 0. The summed E-state index contributed by atoms with van der Waals surface area (Å²) in [5, 5.41) is 0.439. The highest BCUT2D eigenvalue weighted by Crippen LogP contribution is 2.13. The summed E-state index contributed by atoms with van der Waals surface area (Å²) in [5.74, 6) is -2.51. The molecule has 1 fully saturated rings. The highest BCUT2D eigenvalue weighted by atomic mass is 19.1. The second-order valence-electron chi connectivity index (χ2n) is 3.85. The maximum absolute atomic E-state index is 13.2. The average molecular weight is 263 g/mol. The van der Waals surface area contributed by atoms with Crippen LogP contribution in [0, 0.1) is 5.82 Å². The van der Waals surface area contributed by atoms with E-state index < -0.39 is 23.6 Å². The van der Waals surface area contributed by atoms with Crippen LogP contribution in [0.3, 0.4) is 0 Å². The van der Waals surface area contributed by atoms with Crippen LogP contribution in [0.15, 0.2) is 30.3 Å². The maximum atomic E-state index is 13.2. The molecule has 0 spiro atoms. The standard InChI is InChI=1S/C13H10FNO4/c14-10-4-2-1-3-9(10)5-8-13(18)19-15-11(16)6-7-12(15)17/h1-5,8H,6-7H2. The largest absolute Gasteiger partial charge is 0.356 e. The molecule has 19 heavy (non-hydrogen) atoms. The molecule has 2 amide bonds. The van der Waals surface area contributed by atoms with Crippen molar-refractivity contribution >= 4 is 23.9 Å². The molecular weight excluding hydrogens is 253 g/mol. The van der Waals surface area contributed by atoms with Crippen molar-refractivity contribution in [2.45, 2.75) is 12.8 Å². The normalized spacial score (nSPS) is 15.3. The van der Waals surface area contributed by atoms with Gasteiger partial charge >= 0.3 is 5.97 Å². The van der Waals surface area contributed by atoms with E-state index in [1.165, 1.54) is 24.3 Å². The Balaban J connectivity index is 2.00. The SMILES string of the molecule is O=C(C=Cc1ccccc1F)ON1C(=O)CCC1=O. The van der Waals surface area contributed by atoms with Gasteiger partial charge in [0.15, 0.2) is 0 Å². The van der Waals surface area contributed by atoms with Crippen molar-refractivity contribution in [2.24, 2.45) is 0 Å². The number of halogens is 1. The van der Waals surface area contributed by atoms with E-state index in [-0.39, 0.29) is 18.4 Å². The van der Waals surface area contributed by atoms with Crippen LogP contribution in [0.1, 0.15) is 18.4 Å². The molecule has 0 N–H and O–H groups in total. The third-order valence-corrected chi connectivity index (χ3v) is 2.49.